The van der Waals surface area contributed by atoms with Crippen molar-refractivity contribution in [2.45, 2.75) is 45.2 Å². The van der Waals surface area contributed by atoms with E-state index in [1.807, 2.05) is 12.1 Å². The smallest absolute Gasteiger partial charge is 0.312 e. The Kier molecular flexibility index (Phi) is 7.08. The molecule has 1 aromatic carbocycles. The monoisotopic (exact) mass is 420 g/mol. The Bertz CT molecular complexity index is 824. The summed E-state index contributed by atoms with van der Waals surface area (Å²) < 4.78 is 62.3. The zero-order chi connectivity index (χ0) is 20.9. The predicted molar refractivity (Wildman–Crippen MR) is 98.2 cm³/mol. The maximum atomic E-state index is 12.8. The van der Waals surface area contributed by atoms with Gasteiger partial charge in [-0.05, 0) is 30.9 Å². The number of benzene rings is 1. The third kappa shape index (κ3) is 5.70. The third-order valence-electron chi connectivity index (χ3n) is 4.36. The van der Waals surface area contributed by atoms with E-state index >= 15 is 0 Å². The van der Waals surface area contributed by atoms with Crippen molar-refractivity contribution in [1.29, 1.82) is 0 Å². The van der Waals surface area contributed by atoms with E-state index in [9.17, 15) is 31.2 Å². The summed E-state index contributed by atoms with van der Waals surface area (Å²) >= 11 is 0. The quantitative estimate of drug-likeness (QED) is 0.680. The summed E-state index contributed by atoms with van der Waals surface area (Å²) in [6.45, 7) is 0.0600. The molecule has 1 aromatic rings. The average molecular weight is 420 g/mol. The average Bonchev–Trinajstić information content (AvgIpc) is 2.62. The molecule has 28 heavy (non-hydrogen) atoms. The van der Waals surface area contributed by atoms with Gasteiger partial charge in [0.15, 0.2) is 0 Å². The van der Waals surface area contributed by atoms with Gasteiger partial charge in [-0.15, -0.1) is 0 Å². The first-order valence-corrected chi connectivity index (χ1v) is 10.6. The van der Waals surface area contributed by atoms with Gasteiger partial charge in [-0.2, -0.15) is 13.2 Å². The molecular formula is C18H23F3N2O4S. The highest BCUT2D eigenvalue weighted by atomic mass is 32.2. The van der Waals surface area contributed by atoms with Crippen LogP contribution in [0.2, 0.25) is 0 Å². The second-order valence-corrected chi connectivity index (χ2v) is 8.62. The molecule has 1 aliphatic rings. The standard InChI is InChI=1S/C18H23F3N2O4S/c1-2-12-28(26,27)23(13-18(19,20)21)17(25)10-9-16(24)22-11-5-7-14-6-3-4-8-15(14)22/h3-4,6,8H,2,5,7,9-13H2,1H3. The Labute approximate surface area is 162 Å². The molecule has 0 saturated heterocycles. The lowest BCUT2D eigenvalue weighted by molar-refractivity contribution is -0.151. The molecule has 1 aliphatic heterocycles. The number of fused-ring (bicyclic) bond motifs is 1. The summed E-state index contributed by atoms with van der Waals surface area (Å²) in [5.74, 6) is -2.20. The van der Waals surface area contributed by atoms with Crippen LogP contribution in [0.15, 0.2) is 24.3 Å². The molecule has 0 saturated carbocycles. The van der Waals surface area contributed by atoms with E-state index in [4.69, 9.17) is 0 Å². The van der Waals surface area contributed by atoms with Crippen LogP contribution in [0.4, 0.5) is 18.9 Å². The molecule has 2 amide bonds. The van der Waals surface area contributed by atoms with Crippen LogP contribution in [-0.2, 0) is 26.0 Å². The van der Waals surface area contributed by atoms with Gasteiger partial charge in [-0.3, -0.25) is 9.59 Å². The number of halogens is 3. The van der Waals surface area contributed by atoms with Gasteiger partial charge in [0.2, 0.25) is 21.8 Å². The van der Waals surface area contributed by atoms with E-state index in [1.54, 1.807) is 12.1 Å². The van der Waals surface area contributed by atoms with Gasteiger partial charge in [0.25, 0.3) is 0 Å². The van der Waals surface area contributed by atoms with Gasteiger partial charge in [0, 0.05) is 25.1 Å². The zero-order valence-electron chi connectivity index (χ0n) is 15.5. The Hall–Kier alpha value is -2.10. The molecule has 2 rings (SSSR count). The van der Waals surface area contributed by atoms with Crippen LogP contribution < -0.4 is 4.90 Å². The fourth-order valence-corrected chi connectivity index (χ4v) is 4.62. The van der Waals surface area contributed by atoms with Gasteiger partial charge in [0.1, 0.15) is 6.54 Å². The summed E-state index contributed by atoms with van der Waals surface area (Å²) in [6.07, 6.45) is -4.19. The number of alkyl halides is 3. The zero-order valence-corrected chi connectivity index (χ0v) is 16.4. The molecule has 0 atom stereocenters. The largest absolute Gasteiger partial charge is 0.407 e. The Morgan fingerprint density at radius 1 is 1.18 bits per heavy atom. The SMILES string of the molecule is CCCS(=O)(=O)N(CC(F)(F)F)C(=O)CCC(=O)N1CCCc2ccccc21. The van der Waals surface area contributed by atoms with Crippen molar-refractivity contribution in [3.8, 4) is 0 Å². The molecule has 0 radical (unpaired) electrons. The van der Waals surface area contributed by atoms with E-state index in [2.05, 4.69) is 0 Å². The molecule has 10 heteroatoms. The molecule has 156 valence electrons. The normalized spacial score (nSPS) is 14.5. The highest BCUT2D eigenvalue weighted by Gasteiger charge is 2.38. The van der Waals surface area contributed by atoms with E-state index in [0.29, 0.717) is 6.54 Å². The van der Waals surface area contributed by atoms with Crippen molar-refractivity contribution in [2.24, 2.45) is 0 Å². The third-order valence-corrected chi connectivity index (χ3v) is 6.29. The van der Waals surface area contributed by atoms with Crippen LogP contribution >= 0.6 is 0 Å². The van der Waals surface area contributed by atoms with Gasteiger partial charge in [-0.25, -0.2) is 12.7 Å². The Morgan fingerprint density at radius 2 is 1.86 bits per heavy atom. The number of rotatable bonds is 7. The van der Waals surface area contributed by atoms with Crippen molar-refractivity contribution in [3.63, 3.8) is 0 Å². The van der Waals surface area contributed by atoms with Crippen LogP contribution in [0.3, 0.4) is 0 Å². The molecule has 0 N–H and O–H groups in total. The minimum absolute atomic E-state index is 0.0768. The second kappa shape index (κ2) is 8.93. The first-order valence-electron chi connectivity index (χ1n) is 9.03. The fraction of sp³-hybridized carbons (Fsp3) is 0.556. The Morgan fingerprint density at radius 3 is 2.50 bits per heavy atom. The highest BCUT2D eigenvalue weighted by Crippen LogP contribution is 2.27. The molecule has 0 aromatic heterocycles. The molecular weight excluding hydrogens is 397 g/mol. The van der Waals surface area contributed by atoms with Crippen molar-refractivity contribution in [1.82, 2.24) is 4.31 Å². The van der Waals surface area contributed by atoms with Crippen LogP contribution in [0.5, 0.6) is 0 Å². The molecule has 0 aliphatic carbocycles. The maximum absolute atomic E-state index is 12.8. The lowest BCUT2D eigenvalue weighted by Gasteiger charge is -2.30. The lowest BCUT2D eigenvalue weighted by atomic mass is 10.0. The van der Waals surface area contributed by atoms with E-state index in [0.717, 1.165) is 24.1 Å². The number of sulfonamides is 1. The van der Waals surface area contributed by atoms with E-state index in [1.165, 1.54) is 11.8 Å². The van der Waals surface area contributed by atoms with Crippen LogP contribution in [0.1, 0.15) is 38.2 Å². The molecule has 0 fully saturated rings. The lowest BCUT2D eigenvalue weighted by Crippen LogP contribution is -2.44. The Balaban J connectivity index is 2.09. The molecule has 0 unspecified atom stereocenters. The number of carbonyl (C=O) groups excluding carboxylic acids is 2. The number of aryl methyl sites for hydroxylation is 1. The summed E-state index contributed by atoms with van der Waals surface area (Å²) in [6, 6.07) is 7.29. The number of carbonyl (C=O) groups is 2. The summed E-state index contributed by atoms with van der Waals surface area (Å²) in [7, 11) is -4.39. The topological polar surface area (TPSA) is 74.8 Å². The fourth-order valence-electron chi connectivity index (χ4n) is 3.14. The minimum atomic E-state index is -4.85. The number of anilines is 1. The summed E-state index contributed by atoms with van der Waals surface area (Å²) in [5.41, 5.74) is 1.70. The molecule has 1 heterocycles. The van der Waals surface area contributed by atoms with Crippen LogP contribution in [0, 0.1) is 0 Å². The summed E-state index contributed by atoms with van der Waals surface area (Å²) in [4.78, 5) is 26.3. The van der Waals surface area contributed by atoms with Gasteiger partial charge in [-0.1, -0.05) is 25.1 Å². The second-order valence-electron chi connectivity index (χ2n) is 6.61. The number of para-hydroxylation sites is 1. The number of hydrogen-bond donors (Lipinski definition) is 0. The highest BCUT2D eigenvalue weighted by molar-refractivity contribution is 7.89. The van der Waals surface area contributed by atoms with Gasteiger partial charge >= 0.3 is 6.18 Å². The number of amides is 2. The first-order chi connectivity index (χ1) is 13.0. The summed E-state index contributed by atoms with van der Waals surface area (Å²) in [5, 5.41) is 0. The van der Waals surface area contributed by atoms with Gasteiger partial charge in [0.05, 0.1) is 5.75 Å². The van der Waals surface area contributed by atoms with Crippen molar-refractivity contribution < 1.29 is 31.2 Å². The van der Waals surface area contributed by atoms with Crippen LogP contribution in [0.25, 0.3) is 0 Å². The van der Waals surface area contributed by atoms with Crippen molar-refractivity contribution >= 4 is 27.5 Å². The van der Waals surface area contributed by atoms with E-state index in [-0.39, 0.29) is 17.1 Å². The van der Waals surface area contributed by atoms with Crippen molar-refractivity contribution in [3.05, 3.63) is 29.8 Å². The number of hydrogen-bond acceptors (Lipinski definition) is 4. The predicted octanol–water partition coefficient (Wildman–Crippen LogP) is 2.88. The number of nitrogens with zero attached hydrogens (tertiary/aromatic N) is 2. The first kappa shape index (κ1) is 22.2. The van der Waals surface area contributed by atoms with Gasteiger partial charge < -0.3 is 4.90 Å². The van der Waals surface area contributed by atoms with Crippen LogP contribution in [-0.4, -0.2) is 49.6 Å². The minimum Gasteiger partial charge on any atom is -0.312 e. The molecule has 0 spiro atoms. The molecule has 6 nitrogen and oxygen atoms in total. The molecule has 0 bridgehead atoms. The maximum Gasteiger partial charge on any atom is 0.407 e. The van der Waals surface area contributed by atoms with Crippen molar-refractivity contribution in [2.75, 3.05) is 23.7 Å². The van der Waals surface area contributed by atoms with E-state index < -0.39 is 46.7 Å².